The molecule has 0 radical (unpaired) electrons. The molecular weight excluding hydrogens is 568 g/mol. The van der Waals surface area contributed by atoms with E-state index in [1.807, 2.05) is 0 Å². The van der Waals surface area contributed by atoms with Gasteiger partial charge in [-0.05, 0) is 60.2 Å². The van der Waals surface area contributed by atoms with Crippen LogP contribution in [0.1, 0.15) is 21.8 Å². The quantitative estimate of drug-likeness (QED) is 0.251. The highest BCUT2D eigenvalue weighted by Gasteiger charge is 2.67. The molecule has 0 bridgehead atoms. The van der Waals surface area contributed by atoms with Crippen molar-refractivity contribution in [2.75, 3.05) is 30.1 Å². The van der Waals surface area contributed by atoms with Crippen molar-refractivity contribution >= 4 is 86.9 Å². The second-order valence-electron chi connectivity index (χ2n) is 8.14. The zero-order chi connectivity index (χ0) is 26.2. The van der Waals surface area contributed by atoms with Crippen LogP contribution in [-0.4, -0.2) is 30.3 Å². The fourth-order valence-electron chi connectivity index (χ4n) is 4.00. The lowest BCUT2D eigenvalue weighted by Crippen LogP contribution is -2.18. The van der Waals surface area contributed by atoms with Crippen molar-refractivity contribution < 1.29 is 14.3 Å². The standard InChI is InChI=1S/C25H20Cl5N3O3/c1-31-19-11-16(4-6-20(19)36-2)32-23(34)17-10-15(3-5-18(17)28)33-24(35)22-21(25(22,29)30)12-7-13(26)9-14(27)8-12/h3-11,21-22,31H,1-2H3,(H,32,34)(H,33,35)/t21-,22+/m1/s1. The summed E-state index contributed by atoms with van der Waals surface area (Å²) >= 11 is 31.3. The summed E-state index contributed by atoms with van der Waals surface area (Å²) in [6.45, 7) is 0. The Morgan fingerprint density at radius 3 is 2.17 bits per heavy atom. The summed E-state index contributed by atoms with van der Waals surface area (Å²) in [4.78, 5) is 26.0. The van der Waals surface area contributed by atoms with Gasteiger partial charge in [-0.25, -0.2) is 0 Å². The molecule has 3 aromatic rings. The number of halogens is 5. The fourth-order valence-corrected chi connectivity index (χ4v) is 5.57. The molecule has 1 saturated carbocycles. The first-order valence-electron chi connectivity index (χ1n) is 10.7. The number of carbonyl (C=O) groups excluding carboxylic acids is 2. The summed E-state index contributed by atoms with van der Waals surface area (Å²) in [6, 6.07) is 14.7. The van der Waals surface area contributed by atoms with Gasteiger partial charge in [0.05, 0.1) is 29.3 Å². The minimum atomic E-state index is -1.33. The first-order chi connectivity index (χ1) is 17.0. The van der Waals surface area contributed by atoms with Gasteiger partial charge in [-0.15, -0.1) is 23.2 Å². The van der Waals surface area contributed by atoms with E-state index in [1.54, 1.807) is 56.6 Å². The maximum Gasteiger partial charge on any atom is 0.257 e. The van der Waals surface area contributed by atoms with E-state index in [9.17, 15) is 9.59 Å². The van der Waals surface area contributed by atoms with Crippen LogP contribution in [0.3, 0.4) is 0 Å². The molecule has 3 aromatic carbocycles. The van der Waals surface area contributed by atoms with Crippen molar-refractivity contribution in [3.05, 3.63) is 80.8 Å². The lowest BCUT2D eigenvalue weighted by atomic mass is 10.1. The first-order valence-corrected chi connectivity index (χ1v) is 12.6. The van der Waals surface area contributed by atoms with E-state index in [4.69, 9.17) is 62.7 Å². The number of rotatable bonds is 7. The van der Waals surface area contributed by atoms with Crippen molar-refractivity contribution in [2.24, 2.45) is 5.92 Å². The van der Waals surface area contributed by atoms with E-state index in [0.717, 1.165) is 0 Å². The largest absolute Gasteiger partial charge is 0.495 e. The second-order valence-corrected chi connectivity index (χ2v) is 10.9. The van der Waals surface area contributed by atoms with Crippen molar-refractivity contribution in [2.45, 2.75) is 10.3 Å². The lowest BCUT2D eigenvalue weighted by molar-refractivity contribution is -0.117. The Morgan fingerprint density at radius 2 is 1.53 bits per heavy atom. The van der Waals surface area contributed by atoms with Crippen molar-refractivity contribution in [1.82, 2.24) is 0 Å². The minimum Gasteiger partial charge on any atom is -0.495 e. The Bertz CT molecular complexity index is 1330. The summed E-state index contributed by atoms with van der Waals surface area (Å²) in [5.74, 6) is -1.48. The van der Waals surface area contributed by atoms with Crippen molar-refractivity contribution in [3.63, 3.8) is 0 Å². The summed E-state index contributed by atoms with van der Waals surface area (Å²) in [6.07, 6.45) is 0. The van der Waals surface area contributed by atoms with Crippen LogP contribution in [-0.2, 0) is 4.79 Å². The average Bonchev–Trinajstić information content (AvgIpc) is 3.41. The third kappa shape index (κ3) is 5.48. The number of alkyl halides is 2. The molecule has 0 aliphatic heterocycles. The summed E-state index contributed by atoms with van der Waals surface area (Å²) in [5.41, 5.74) is 2.43. The predicted molar refractivity (Wildman–Crippen MR) is 148 cm³/mol. The summed E-state index contributed by atoms with van der Waals surface area (Å²) < 4.78 is 3.94. The van der Waals surface area contributed by atoms with Crippen LogP contribution in [0.25, 0.3) is 0 Å². The van der Waals surface area contributed by atoms with Crippen LogP contribution in [0.15, 0.2) is 54.6 Å². The van der Waals surface area contributed by atoms with Gasteiger partial charge in [0.1, 0.15) is 10.1 Å². The number of benzene rings is 3. The number of anilines is 3. The monoisotopic (exact) mass is 585 g/mol. The molecule has 1 fully saturated rings. The average molecular weight is 588 g/mol. The SMILES string of the molecule is CNc1cc(NC(=O)c2cc(NC(=O)[C@@H]3[C@@H](c4cc(Cl)cc(Cl)c4)C3(Cl)Cl)ccc2Cl)ccc1OC. The van der Waals surface area contributed by atoms with Crippen LogP contribution in [0.5, 0.6) is 5.75 Å². The Morgan fingerprint density at radius 1 is 0.889 bits per heavy atom. The van der Waals surface area contributed by atoms with Gasteiger partial charge in [-0.3, -0.25) is 9.59 Å². The molecule has 1 aliphatic rings. The number of methoxy groups -OCH3 is 1. The van der Waals surface area contributed by atoms with Crippen molar-refractivity contribution in [3.8, 4) is 5.75 Å². The van der Waals surface area contributed by atoms with Gasteiger partial charge in [-0.1, -0.05) is 34.8 Å². The fraction of sp³-hybridized carbons (Fsp3) is 0.200. The van der Waals surface area contributed by atoms with Crippen LogP contribution in [0, 0.1) is 5.92 Å². The van der Waals surface area contributed by atoms with E-state index in [2.05, 4.69) is 16.0 Å². The highest BCUT2D eigenvalue weighted by Crippen LogP contribution is 2.65. The molecule has 0 aromatic heterocycles. The molecular formula is C25H20Cl5N3O3. The number of hydrogen-bond donors (Lipinski definition) is 3. The Kier molecular flexibility index (Phi) is 7.83. The molecule has 4 rings (SSSR count). The number of ether oxygens (including phenoxy) is 1. The van der Waals surface area contributed by atoms with Gasteiger partial charge in [0.25, 0.3) is 5.91 Å². The molecule has 6 nitrogen and oxygen atoms in total. The molecule has 0 spiro atoms. The Balaban J connectivity index is 1.50. The zero-order valence-corrected chi connectivity index (χ0v) is 22.7. The molecule has 2 amide bonds. The Labute approximate surface area is 233 Å². The lowest BCUT2D eigenvalue weighted by Gasteiger charge is -2.13. The van der Waals surface area contributed by atoms with Gasteiger partial charge in [0.2, 0.25) is 5.91 Å². The Hall–Kier alpha value is -2.35. The zero-order valence-electron chi connectivity index (χ0n) is 19.0. The summed E-state index contributed by atoms with van der Waals surface area (Å²) in [7, 11) is 3.30. The highest BCUT2D eigenvalue weighted by atomic mass is 35.5. The minimum absolute atomic E-state index is 0.174. The highest BCUT2D eigenvalue weighted by molar-refractivity contribution is 6.53. The van der Waals surface area contributed by atoms with Crippen molar-refractivity contribution in [1.29, 1.82) is 0 Å². The topological polar surface area (TPSA) is 79.5 Å². The number of nitrogens with one attached hydrogen (secondary N) is 3. The molecule has 36 heavy (non-hydrogen) atoms. The molecule has 0 heterocycles. The number of carbonyl (C=O) groups is 2. The smallest absolute Gasteiger partial charge is 0.257 e. The van der Waals surface area contributed by atoms with E-state index in [0.29, 0.717) is 38.4 Å². The molecule has 0 unspecified atom stereocenters. The molecule has 11 heteroatoms. The maximum atomic E-state index is 13.0. The van der Waals surface area contributed by atoms with Crippen LogP contribution < -0.4 is 20.7 Å². The third-order valence-corrected chi connectivity index (χ3v) is 7.49. The molecule has 0 saturated heterocycles. The van der Waals surface area contributed by atoms with Crippen LogP contribution in [0.2, 0.25) is 15.1 Å². The maximum absolute atomic E-state index is 13.0. The van der Waals surface area contributed by atoms with Gasteiger partial charge in [0.15, 0.2) is 0 Å². The van der Waals surface area contributed by atoms with Gasteiger partial charge >= 0.3 is 0 Å². The van der Waals surface area contributed by atoms with E-state index >= 15 is 0 Å². The molecule has 3 N–H and O–H groups in total. The number of hydrogen-bond acceptors (Lipinski definition) is 4. The normalized spacial score (nSPS) is 17.8. The predicted octanol–water partition coefficient (Wildman–Crippen LogP) is 7.48. The number of amides is 2. The van der Waals surface area contributed by atoms with Crippen LogP contribution >= 0.6 is 58.0 Å². The van der Waals surface area contributed by atoms with Gasteiger partial charge in [-0.2, -0.15) is 0 Å². The summed E-state index contributed by atoms with van der Waals surface area (Å²) in [5, 5.41) is 9.61. The second kappa shape index (κ2) is 10.6. The first kappa shape index (κ1) is 26.7. The van der Waals surface area contributed by atoms with E-state index < -0.39 is 28.0 Å². The molecule has 188 valence electrons. The molecule has 1 aliphatic carbocycles. The molecule has 2 atom stereocenters. The van der Waals surface area contributed by atoms with E-state index in [1.165, 1.54) is 12.1 Å². The van der Waals surface area contributed by atoms with E-state index in [-0.39, 0.29) is 10.6 Å². The van der Waals surface area contributed by atoms with Crippen LogP contribution in [0.4, 0.5) is 17.1 Å². The van der Waals surface area contributed by atoms with Gasteiger partial charge < -0.3 is 20.7 Å². The van der Waals surface area contributed by atoms with Gasteiger partial charge in [0, 0.05) is 34.4 Å². The third-order valence-electron chi connectivity index (χ3n) is 5.79.